The number of hydrogen-bond donors (Lipinski definition) is 1. The Balaban J connectivity index is 1.69. The van der Waals surface area contributed by atoms with Crippen molar-refractivity contribution in [3.8, 4) is 11.5 Å². The van der Waals surface area contributed by atoms with Crippen molar-refractivity contribution >= 4 is 14.0 Å². The van der Waals surface area contributed by atoms with Crippen LogP contribution in [0.4, 0.5) is 0 Å². The maximum absolute atomic E-state index is 11.0. The van der Waals surface area contributed by atoms with Gasteiger partial charge in [-0.05, 0) is 24.2 Å². The molecule has 1 aliphatic carbocycles. The normalized spacial score (nSPS) is 20.0. The fourth-order valence-corrected chi connectivity index (χ4v) is 3.17. The Bertz CT molecular complexity index is 577. The van der Waals surface area contributed by atoms with Crippen LogP contribution in [-0.4, -0.2) is 51.9 Å². The van der Waals surface area contributed by atoms with Gasteiger partial charge in [0.25, 0.3) is 0 Å². The van der Waals surface area contributed by atoms with Crippen LogP contribution in [0.15, 0.2) is 18.2 Å². The average Bonchev–Trinajstić information content (AvgIpc) is 2.50. The van der Waals surface area contributed by atoms with Crippen LogP contribution in [0.3, 0.4) is 0 Å². The SMILES string of the molecule is COc1cc(C(=O)O)ccc1OC1CC(OCOCC[Si](C)(C)C)C1. The molecule has 1 N–H and O–H groups in total. The Kier molecular flexibility index (Phi) is 6.86. The zero-order chi connectivity index (χ0) is 18.4. The largest absolute Gasteiger partial charge is 0.493 e. The number of hydrogen-bond acceptors (Lipinski definition) is 5. The van der Waals surface area contributed by atoms with Crippen LogP contribution in [0.5, 0.6) is 11.5 Å². The van der Waals surface area contributed by atoms with E-state index in [-0.39, 0.29) is 17.8 Å². The summed E-state index contributed by atoms with van der Waals surface area (Å²) in [6.45, 7) is 8.06. The summed E-state index contributed by atoms with van der Waals surface area (Å²) in [5.74, 6) is -0.00244. The lowest BCUT2D eigenvalue weighted by molar-refractivity contribution is -0.134. The van der Waals surface area contributed by atoms with E-state index in [1.807, 2.05) is 0 Å². The first kappa shape index (κ1) is 19.7. The molecule has 1 aromatic carbocycles. The molecular weight excluding hydrogens is 340 g/mol. The third kappa shape index (κ3) is 6.34. The van der Waals surface area contributed by atoms with Crippen molar-refractivity contribution < 1.29 is 28.8 Å². The summed E-state index contributed by atoms with van der Waals surface area (Å²) in [5, 5.41) is 9.01. The second-order valence-electron chi connectivity index (χ2n) is 7.51. The lowest BCUT2D eigenvalue weighted by atomic mass is 9.92. The van der Waals surface area contributed by atoms with Gasteiger partial charge in [-0.15, -0.1) is 0 Å². The predicted octanol–water partition coefficient (Wildman–Crippen LogP) is 3.63. The molecule has 0 aromatic heterocycles. The molecule has 0 atom stereocenters. The van der Waals surface area contributed by atoms with E-state index in [9.17, 15) is 4.79 Å². The van der Waals surface area contributed by atoms with Gasteiger partial charge in [-0.3, -0.25) is 0 Å². The number of carbonyl (C=O) groups is 1. The third-order valence-electron chi connectivity index (χ3n) is 4.14. The molecule has 0 radical (unpaired) electrons. The average molecular weight is 369 g/mol. The predicted molar refractivity (Wildman–Crippen MR) is 97.4 cm³/mol. The zero-order valence-corrected chi connectivity index (χ0v) is 16.4. The van der Waals surface area contributed by atoms with Crippen LogP contribution in [-0.2, 0) is 9.47 Å². The van der Waals surface area contributed by atoms with E-state index >= 15 is 0 Å². The molecule has 0 aliphatic heterocycles. The van der Waals surface area contributed by atoms with E-state index in [1.54, 1.807) is 6.07 Å². The molecule has 1 fully saturated rings. The van der Waals surface area contributed by atoms with Gasteiger partial charge < -0.3 is 24.1 Å². The van der Waals surface area contributed by atoms with Crippen molar-refractivity contribution in [2.75, 3.05) is 20.5 Å². The Morgan fingerprint density at radius 2 is 1.92 bits per heavy atom. The second-order valence-corrected chi connectivity index (χ2v) is 13.1. The smallest absolute Gasteiger partial charge is 0.335 e. The summed E-state index contributed by atoms with van der Waals surface area (Å²) in [5.41, 5.74) is 0.175. The molecule has 2 rings (SSSR count). The van der Waals surface area contributed by atoms with Gasteiger partial charge in [-0.2, -0.15) is 0 Å². The highest BCUT2D eigenvalue weighted by atomic mass is 28.3. The molecule has 0 bridgehead atoms. The van der Waals surface area contributed by atoms with Crippen molar-refractivity contribution in [3.63, 3.8) is 0 Å². The standard InChI is InChI=1S/C18H28O6Si/c1-21-17-9-13(18(19)20)5-6-16(17)24-15-10-14(11-15)23-12-22-7-8-25(2,3)4/h5-6,9,14-15H,7-8,10-12H2,1-4H3,(H,19,20). The van der Waals surface area contributed by atoms with Crippen LogP contribution in [0.2, 0.25) is 25.7 Å². The fraction of sp³-hybridized carbons (Fsp3) is 0.611. The summed E-state index contributed by atoms with van der Waals surface area (Å²) in [6, 6.07) is 5.75. The van der Waals surface area contributed by atoms with Gasteiger partial charge in [0.15, 0.2) is 11.5 Å². The summed E-state index contributed by atoms with van der Waals surface area (Å²) < 4.78 is 22.3. The van der Waals surface area contributed by atoms with Crippen molar-refractivity contribution in [2.24, 2.45) is 0 Å². The molecule has 1 aliphatic rings. The molecule has 0 heterocycles. The molecule has 1 aromatic rings. The summed E-state index contributed by atoms with van der Waals surface area (Å²) in [6.07, 6.45) is 1.79. The van der Waals surface area contributed by atoms with E-state index in [2.05, 4.69) is 19.6 Å². The number of carboxylic acid groups (broad SMARTS) is 1. The zero-order valence-electron chi connectivity index (χ0n) is 15.4. The fourth-order valence-electron chi connectivity index (χ4n) is 2.41. The molecule has 25 heavy (non-hydrogen) atoms. The van der Waals surface area contributed by atoms with Crippen LogP contribution in [0.1, 0.15) is 23.2 Å². The highest BCUT2D eigenvalue weighted by Crippen LogP contribution is 2.34. The summed E-state index contributed by atoms with van der Waals surface area (Å²) >= 11 is 0. The number of benzene rings is 1. The monoisotopic (exact) mass is 368 g/mol. The molecule has 7 heteroatoms. The van der Waals surface area contributed by atoms with Crippen LogP contribution < -0.4 is 9.47 Å². The van der Waals surface area contributed by atoms with Gasteiger partial charge in [0, 0.05) is 27.5 Å². The maximum atomic E-state index is 11.0. The first-order chi connectivity index (χ1) is 11.8. The van der Waals surface area contributed by atoms with Gasteiger partial charge in [-0.1, -0.05) is 19.6 Å². The molecule has 0 amide bonds. The second kappa shape index (κ2) is 8.69. The molecule has 6 nitrogen and oxygen atoms in total. The van der Waals surface area contributed by atoms with E-state index in [1.165, 1.54) is 19.2 Å². The first-order valence-corrected chi connectivity index (χ1v) is 12.3. The minimum absolute atomic E-state index is 0.0524. The van der Waals surface area contributed by atoms with Crippen LogP contribution >= 0.6 is 0 Å². The molecule has 0 unspecified atom stereocenters. The number of aromatic carboxylic acids is 1. The van der Waals surface area contributed by atoms with Crippen LogP contribution in [0.25, 0.3) is 0 Å². The highest BCUT2D eigenvalue weighted by molar-refractivity contribution is 6.76. The number of methoxy groups -OCH3 is 1. The van der Waals surface area contributed by atoms with Crippen LogP contribution in [0, 0.1) is 0 Å². The molecular formula is C18H28O6Si. The Morgan fingerprint density at radius 3 is 2.52 bits per heavy atom. The van der Waals surface area contributed by atoms with Gasteiger partial charge in [-0.25, -0.2) is 4.79 Å². The third-order valence-corrected chi connectivity index (χ3v) is 5.84. The van der Waals surface area contributed by atoms with E-state index in [0.717, 1.165) is 25.5 Å². The lowest BCUT2D eigenvalue weighted by Crippen LogP contribution is -2.40. The van der Waals surface area contributed by atoms with Crippen molar-refractivity contribution in [1.29, 1.82) is 0 Å². The Hall–Kier alpha value is -1.57. The Morgan fingerprint density at radius 1 is 1.20 bits per heavy atom. The molecule has 140 valence electrons. The topological polar surface area (TPSA) is 74.2 Å². The molecule has 1 saturated carbocycles. The van der Waals surface area contributed by atoms with E-state index < -0.39 is 14.0 Å². The summed E-state index contributed by atoms with van der Waals surface area (Å²) in [4.78, 5) is 11.0. The number of carboxylic acids is 1. The van der Waals surface area contributed by atoms with Crippen molar-refractivity contribution in [2.45, 2.75) is 50.7 Å². The minimum atomic E-state index is -1.05. The molecule has 0 spiro atoms. The molecule has 0 saturated heterocycles. The van der Waals surface area contributed by atoms with Gasteiger partial charge in [0.05, 0.1) is 18.8 Å². The number of ether oxygens (including phenoxy) is 4. The Labute approximate surface area is 150 Å². The van der Waals surface area contributed by atoms with E-state index in [4.69, 9.17) is 24.1 Å². The van der Waals surface area contributed by atoms with Crippen molar-refractivity contribution in [3.05, 3.63) is 23.8 Å². The van der Waals surface area contributed by atoms with Gasteiger partial charge >= 0.3 is 5.97 Å². The van der Waals surface area contributed by atoms with Crippen molar-refractivity contribution in [1.82, 2.24) is 0 Å². The quantitative estimate of drug-likeness (QED) is 0.386. The van der Waals surface area contributed by atoms with E-state index in [0.29, 0.717) is 18.3 Å². The highest BCUT2D eigenvalue weighted by Gasteiger charge is 2.32. The maximum Gasteiger partial charge on any atom is 0.335 e. The number of rotatable bonds is 10. The minimum Gasteiger partial charge on any atom is -0.493 e. The van der Waals surface area contributed by atoms with Gasteiger partial charge in [0.2, 0.25) is 0 Å². The first-order valence-electron chi connectivity index (χ1n) is 8.56. The lowest BCUT2D eigenvalue weighted by Gasteiger charge is -2.35. The summed E-state index contributed by atoms with van der Waals surface area (Å²) in [7, 11) is 0.446. The van der Waals surface area contributed by atoms with Gasteiger partial charge in [0.1, 0.15) is 12.9 Å².